The number of nitrogens with zero attached hydrogens (tertiary/aromatic N) is 3. The first-order valence-electron chi connectivity index (χ1n) is 5.80. The van der Waals surface area contributed by atoms with Gasteiger partial charge in [0.25, 0.3) is 0 Å². The van der Waals surface area contributed by atoms with Crippen LogP contribution in [0.4, 0.5) is 5.82 Å². The van der Waals surface area contributed by atoms with E-state index < -0.39 is 0 Å². The molecule has 2 heterocycles. The molecule has 0 bridgehead atoms. The fourth-order valence-electron chi connectivity index (χ4n) is 1.67. The van der Waals surface area contributed by atoms with Crippen molar-refractivity contribution in [3.05, 3.63) is 24.2 Å². The fourth-order valence-corrected chi connectivity index (χ4v) is 1.67. The second-order valence-corrected chi connectivity index (χ2v) is 4.48. The number of aryl methyl sites for hydroxylation is 1. The topological polar surface area (TPSA) is 62.5 Å². The van der Waals surface area contributed by atoms with Crippen LogP contribution in [0.2, 0.25) is 0 Å². The van der Waals surface area contributed by atoms with Crippen LogP contribution in [0.15, 0.2) is 18.5 Å². The standard InChI is InChI=1S/C12H18N4O/c1-8(7-17)10(3)14-12-11-6-9(2)15-16(11)5-4-13-12/h4-6,8,10,17H,7H2,1-3H3,(H,13,14). The summed E-state index contributed by atoms with van der Waals surface area (Å²) in [6, 6.07) is 2.15. The van der Waals surface area contributed by atoms with Gasteiger partial charge >= 0.3 is 0 Å². The molecule has 2 atom stereocenters. The second-order valence-electron chi connectivity index (χ2n) is 4.48. The summed E-state index contributed by atoms with van der Waals surface area (Å²) in [5, 5.41) is 16.8. The third kappa shape index (κ3) is 2.39. The van der Waals surface area contributed by atoms with Gasteiger partial charge in [0.05, 0.1) is 5.69 Å². The zero-order chi connectivity index (χ0) is 12.4. The van der Waals surface area contributed by atoms with Crippen molar-refractivity contribution in [1.29, 1.82) is 0 Å². The van der Waals surface area contributed by atoms with Crippen molar-refractivity contribution in [2.24, 2.45) is 5.92 Å². The number of anilines is 1. The van der Waals surface area contributed by atoms with E-state index in [0.29, 0.717) is 0 Å². The third-order valence-corrected chi connectivity index (χ3v) is 3.02. The summed E-state index contributed by atoms with van der Waals surface area (Å²) in [5.41, 5.74) is 1.92. The van der Waals surface area contributed by atoms with Crippen LogP contribution in [0.1, 0.15) is 19.5 Å². The molecule has 92 valence electrons. The van der Waals surface area contributed by atoms with Crippen molar-refractivity contribution in [3.63, 3.8) is 0 Å². The molecule has 0 amide bonds. The number of aromatic nitrogens is 3. The first kappa shape index (κ1) is 11.9. The average molecular weight is 234 g/mol. The molecule has 0 saturated carbocycles. The molecule has 0 aliphatic heterocycles. The van der Waals surface area contributed by atoms with Gasteiger partial charge in [-0.1, -0.05) is 6.92 Å². The summed E-state index contributed by atoms with van der Waals surface area (Å²) in [4.78, 5) is 4.32. The van der Waals surface area contributed by atoms with E-state index >= 15 is 0 Å². The number of nitrogens with one attached hydrogen (secondary N) is 1. The number of rotatable bonds is 4. The normalized spacial score (nSPS) is 14.8. The van der Waals surface area contributed by atoms with Crippen LogP contribution in [-0.2, 0) is 0 Å². The smallest absolute Gasteiger partial charge is 0.152 e. The largest absolute Gasteiger partial charge is 0.396 e. The van der Waals surface area contributed by atoms with Crippen molar-refractivity contribution in [1.82, 2.24) is 14.6 Å². The highest BCUT2D eigenvalue weighted by Gasteiger charge is 2.13. The van der Waals surface area contributed by atoms with Gasteiger partial charge in [-0.25, -0.2) is 9.50 Å². The van der Waals surface area contributed by atoms with Gasteiger partial charge in [-0.05, 0) is 25.8 Å². The van der Waals surface area contributed by atoms with Crippen LogP contribution < -0.4 is 5.32 Å². The van der Waals surface area contributed by atoms with Crippen LogP contribution in [-0.4, -0.2) is 32.4 Å². The molecule has 2 N–H and O–H groups in total. The maximum absolute atomic E-state index is 9.12. The minimum Gasteiger partial charge on any atom is -0.396 e. The predicted molar refractivity (Wildman–Crippen MR) is 67.1 cm³/mol. The number of fused-ring (bicyclic) bond motifs is 1. The van der Waals surface area contributed by atoms with E-state index in [9.17, 15) is 0 Å². The van der Waals surface area contributed by atoms with Gasteiger partial charge in [-0.3, -0.25) is 0 Å². The monoisotopic (exact) mass is 234 g/mol. The zero-order valence-electron chi connectivity index (χ0n) is 10.4. The molecule has 0 aromatic carbocycles. The van der Waals surface area contributed by atoms with Crippen molar-refractivity contribution < 1.29 is 5.11 Å². The molecule has 0 radical (unpaired) electrons. The first-order chi connectivity index (χ1) is 8.11. The Morgan fingerprint density at radius 1 is 1.47 bits per heavy atom. The molecule has 5 nitrogen and oxygen atoms in total. The van der Waals surface area contributed by atoms with Gasteiger partial charge in [0.15, 0.2) is 5.82 Å². The molecular weight excluding hydrogens is 216 g/mol. The van der Waals surface area contributed by atoms with E-state index in [0.717, 1.165) is 17.0 Å². The molecule has 0 saturated heterocycles. The molecule has 2 unspecified atom stereocenters. The molecule has 2 rings (SSSR count). The number of hydrogen-bond donors (Lipinski definition) is 2. The second kappa shape index (κ2) is 4.71. The third-order valence-electron chi connectivity index (χ3n) is 3.02. The molecule has 0 spiro atoms. The van der Waals surface area contributed by atoms with E-state index in [2.05, 4.69) is 15.4 Å². The maximum atomic E-state index is 9.12. The van der Waals surface area contributed by atoms with Crippen molar-refractivity contribution in [2.75, 3.05) is 11.9 Å². The lowest BCUT2D eigenvalue weighted by Gasteiger charge is -2.20. The number of aliphatic hydroxyl groups is 1. The van der Waals surface area contributed by atoms with Gasteiger partial charge in [-0.2, -0.15) is 5.10 Å². The van der Waals surface area contributed by atoms with E-state index in [1.165, 1.54) is 0 Å². The van der Waals surface area contributed by atoms with Crippen LogP contribution in [0.25, 0.3) is 5.52 Å². The van der Waals surface area contributed by atoms with E-state index in [4.69, 9.17) is 5.11 Å². The highest BCUT2D eigenvalue weighted by atomic mass is 16.3. The molecule has 17 heavy (non-hydrogen) atoms. The Morgan fingerprint density at radius 2 is 2.24 bits per heavy atom. The van der Waals surface area contributed by atoms with E-state index in [1.54, 1.807) is 10.7 Å². The van der Waals surface area contributed by atoms with Crippen LogP contribution >= 0.6 is 0 Å². The van der Waals surface area contributed by atoms with Crippen LogP contribution in [0.5, 0.6) is 0 Å². The summed E-state index contributed by atoms with van der Waals surface area (Å²) in [6.45, 7) is 6.15. The summed E-state index contributed by atoms with van der Waals surface area (Å²) in [6.07, 6.45) is 3.55. The average Bonchev–Trinajstić information content (AvgIpc) is 2.69. The first-order valence-corrected chi connectivity index (χ1v) is 5.80. The fraction of sp³-hybridized carbons (Fsp3) is 0.500. The Hall–Kier alpha value is -1.62. The number of hydrogen-bond acceptors (Lipinski definition) is 4. The molecule has 5 heteroatoms. The van der Waals surface area contributed by atoms with Gasteiger partial charge in [0.1, 0.15) is 5.52 Å². The van der Waals surface area contributed by atoms with Crippen molar-refractivity contribution in [2.45, 2.75) is 26.8 Å². The summed E-state index contributed by atoms with van der Waals surface area (Å²) in [5.74, 6) is 0.988. The quantitative estimate of drug-likeness (QED) is 0.841. The molecule has 2 aromatic rings. The van der Waals surface area contributed by atoms with Gasteiger partial charge < -0.3 is 10.4 Å². The molecule has 0 aliphatic carbocycles. The summed E-state index contributed by atoms with van der Waals surface area (Å²) < 4.78 is 1.81. The lowest BCUT2D eigenvalue weighted by atomic mass is 10.1. The lowest BCUT2D eigenvalue weighted by molar-refractivity contribution is 0.226. The predicted octanol–water partition coefficient (Wildman–Crippen LogP) is 1.47. The minimum atomic E-state index is 0.161. The Balaban J connectivity index is 2.29. The Bertz CT molecular complexity index is 508. The van der Waals surface area contributed by atoms with E-state index in [-0.39, 0.29) is 18.6 Å². The van der Waals surface area contributed by atoms with Gasteiger partial charge in [-0.15, -0.1) is 0 Å². The highest BCUT2D eigenvalue weighted by molar-refractivity contribution is 5.67. The molecule has 2 aromatic heterocycles. The molecule has 0 aliphatic rings. The van der Waals surface area contributed by atoms with Gasteiger partial charge in [0.2, 0.25) is 0 Å². The SMILES string of the molecule is Cc1cc2c(NC(C)C(C)CO)nccn2n1. The Kier molecular flexibility index (Phi) is 3.28. The number of aliphatic hydroxyl groups excluding tert-OH is 1. The van der Waals surface area contributed by atoms with Gasteiger partial charge in [0, 0.05) is 25.0 Å². The maximum Gasteiger partial charge on any atom is 0.152 e. The van der Waals surface area contributed by atoms with Crippen molar-refractivity contribution >= 4 is 11.3 Å². The Morgan fingerprint density at radius 3 is 2.94 bits per heavy atom. The highest BCUT2D eigenvalue weighted by Crippen LogP contribution is 2.17. The minimum absolute atomic E-state index is 0.161. The van der Waals surface area contributed by atoms with Crippen molar-refractivity contribution in [3.8, 4) is 0 Å². The Labute approximate surface area is 100 Å². The van der Waals surface area contributed by atoms with E-state index in [1.807, 2.05) is 33.0 Å². The lowest BCUT2D eigenvalue weighted by Crippen LogP contribution is -2.26. The van der Waals surface area contributed by atoms with Crippen LogP contribution in [0, 0.1) is 12.8 Å². The summed E-state index contributed by atoms with van der Waals surface area (Å²) >= 11 is 0. The molecule has 0 fully saturated rings. The zero-order valence-corrected chi connectivity index (χ0v) is 10.4. The summed E-state index contributed by atoms with van der Waals surface area (Å²) in [7, 11) is 0. The van der Waals surface area contributed by atoms with Crippen LogP contribution in [0.3, 0.4) is 0 Å². The molecular formula is C12H18N4O.